The summed E-state index contributed by atoms with van der Waals surface area (Å²) in [6.07, 6.45) is 0.823. The average molecular weight is 312 g/mol. The molecule has 2 aromatic carbocycles. The van der Waals surface area contributed by atoms with Gasteiger partial charge in [0.05, 0.1) is 10.0 Å². The largest absolute Gasteiger partial charge is 0.319 e. The van der Waals surface area contributed by atoms with Crippen molar-refractivity contribution in [3.8, 4) is 0 Å². The smallest absolute Gasteiger partial charge is 0.123 e. The topological polar surface area (TPSA) is 12.0 Å². The molecule has 0 aliphatic rings. The summed E-state index contributed by atoms with van der Waals surface area (Å²) in [6.45, 7) is 0.811. The Morgan fingerprint density at radius 3 is 2.35 bits per heavy atom. The highest BCUT2D eigenvalue weighted by molar-refractivity contribution is 6.42. The lowest BCUT2D eigenvalue weighted by Crippen LogP contribution is -2.19. The van der Waals surface area contributed by atoms with Gasteiger partial charge in [0.2, 0.25) is 0 Å². The van der Waals surface area contributed by atoms with Crippen LogP contribution < -0.4 is 5.32 Å². The van der Waals surface area contributed by atoms with E-state index in [2.05, 4.69) is 5.32 Å². The highest BCUT2D eigenvalue weighted by Gasteiger charge is 2.12. The monoisotopic (exact) mass is 311 g/mol. The molecule has 0 spiro atoms. The van der Waals surface area contributed by atoms with Gasteiger partial charge in [0.25, 0.3) is 0 Å². The first-order valence-electron chi connectivity index (χ1n) is 6.44. The summed E-state index contributed by atoms with van der Waals surface area (Å²) in [6, 6.07) is 12.3. The summed E-state index contributed by atoms with van der Waals surface area (Å²) in [7, 11) is 1.91. The Kier molecular flexibility index (Phi) is 5.41. The van der Waals surface area contributed by atoms with Crippen LogP contribution in [0.5, 0.6) is 0 Å². The third kappa shape index (κ3) is 3.95. The Balaban J connectivity index is 2.20. The maximum Gasteiger partial charge on any atom is 0.123 e. The molecule has 2 rings (SSSR count). The first kappa shape index (κ1) is 15.3. The normalized spacial score (nSPS) is 12.4. The zero-order chi connectivity index (χ0) is 14.5. The highest BCUT2D eigenvalue weighted by Crippen LogP contribution is 2.26. The molecular weight excluding hydrogens is 296 g/mol. The summed E-state index contributed by atoms with van der Waals surface area (Å²) >= 11 is 12.0. The van der Waals surface area contributed by atoms with Crippen LogP contribution >= 0.6 is 23.2 Å². The third-order valence-corrected chi connectivity index (χ3v) is 4.00. The van der Waals surface area contributed by atoms with Crippen molar-refractivity contribution in [2.45, 2.75) is 12.3 Å². The molecule has 0 aliphatic heterocycles. The van der Waals surface area contributed by atoms with E-state index in [0.717, 1.165) is 24.1 Å². The van der Waals surface area contributed by atoms with Crippen molar-refractivity contribution in [3.63, 3.8) is 0 Å². The third-order valence-electron chi connectivity index (χ3n) is 3.26. The minimum Gasteiger partial charge on any atom is -0.319 e. The summed E-state index contributed by atoms with van der Waals surface area (Å²) in [4.78, 5) is 0. The Morgan fingerprint density at radius 1 is 1.05 bits per heavy atom. The number of hydrogen-bond donors (Lipinski definition) is 1. The van der Waals surface area contributed by atoms with Crippen LogP contribution in [-0.2, 0) is 6.42 Å². The van der Waals surface area contributed by atoms with E-state index < -0.39 is 0 Å². The van der Waals surface area contributed by atoms with E-state index in [4.69, 9.17) is 23.2 Å². The first-order valence-corrected chi connectivity index (χ1v) is 7.19. The van der Waals surface area contributed by atoms with Gasteiger partial charge in [-0.15, -0.1) is 0 Å². The maximum atomic E-state index is 13.0. The van der Waals surface area contributed by atoms with Crippen LogP contribution in [0.15, 0.2) is 42.5 Å². The molecule has 0 amide bonds. The van der Waals surface area contributed by atoms with Gasteiger partial charge in [0, 0.05) is 12.5 Å². The van der Waals surface area contributed by atoms with Crippen LogP contribution in [0.2, 0.25) is 10.0 Å². The standard InChI is InChI=1S/C16H16Cl2FN/c1-20-10-13(12-3-5-14(19)6-4-12)8-11-2-7-15(17)16(18)9-11/h2-7,9,13,20H,8,10H2,1H3. The number of nitrogens with one attached hydrogen (secondary N) is 1. The maximum absolute atomic E-state index is 13.0. The summed E-state index contributed by atoms with van der Waals surface area (Å²) in [5.41, 5.74) is 2.22. The second kappa shape index (κ2) is 7.07. The minimum atomic E-state index is -0.216. The van der Waals surface area contributed by atoms with Gasteiger partial charge in [-0.25, -0.2) is 4.39 Å². The lowest BCUT2D eigenvalue weighted by Gasteiger charge is -2.17. The van der Waals surface area contributed by atoms with Crippen LogP contribution in [-0.4, -0.2) is 13.6 Å². The van der Waals surface area contributed by atoms with Crippen LogP contribution in [0.25, 0.3) is 0 Å². The van der Waals surface area contributed by atoms with E-state index in [9.17, 15) is 4.39 Å². The van der Waals surface area contributed by atoms with Crippen LogP contribution in [0.3, 0.4) is 0 Å². The van der Waals surface area contributed by atoms with Gasteiger partial charge in [-0.3, -0.25) is 0 Å². The molecule has 0 fully saturated rings. The Labute approximate surface area is 128 Å². The van der Waals surface area contributed by atoms with Crippen molar-refractivity contribution in [3.05, 3.63) is 69.5 Å². The van der Waals surface area contributed by atoms with Crippen molar-refractivity contribution in [2.24, 2.45) is 0 Å². The van der Waals surface area contributed by atoms with E-state index >= 15 is 0 Å². The van der Waals surface area contributed by atoms with E-state index in [0.29, 0.717) is 10.0 Å². The molecule has 106 valence electrons. The molecule has 0 heterocycles. The summed E-state index contributed by atoms with van der Waals surface area (Å²) in [5, 5.41) is 4.29. The van der Waals surface area contributed by atoms with E-state index in [-0.39, 0.29) is 11.7 Å². The number of rotatable bonds is 5. The fraction of sp³-hybridized carbons (Fsp3) is 0.250. The van der Waals surface area contributed by atoms with Crippen molar-refractivity contribution in [1.29, 1.82) is 0 Å². The van der Waals surface area contributed by atoms with Crippen LogP contribution in [0.4, 0.5) is 4.39 Å². The molecular formula is C16H16Cl2FN. The second-order valence-electron chi connectivity index (χ2n) is 4.76. The molecule has 1 nitrogen and oxygen atoms in total. The molecule has 0 aliphatic carbocycles. The molecule has 1 N–H and O–H groups in total. The summed E-state index contributed by atoms with van der Waals surface area (Å²) in [5.74, 6) is 0.0457. The highest BCUT2D eigenvalue weighted by atomic mass is 35.5. The molecule has 4 heteroatoms. The van der Waals surface area contributed by atoms with Crippen molar-refractivity contribution >= 4 is 23.2 Å². The van der Waals surface area contributed by atoms with Crippen molar-refractivity contribution in [1.82, 2.24) is 5.32 Å². The van der Waals surface area contributed by atoms with Gasteiger partial charge in [-0.05, 0) is 48.9 Å². The molecule has 20 heavy (non-hydrogen) atoms. The molecule has 2 aromatic rings. The van der Waals surface area contributed by atoms with Gasteiger partial charge in [0.15, 0.2) is 0 Å². The Bertz CT molecular complexity index is 569. The van der Waals surface area contributed by atoms with Crippen LogP contribution in [0.1, 0.15) is 17.0 Å². The lowest BCUT2D eigenvalue weighted by atomic mass is 9.92. The molecule has 0 saturated heterocycles. The van der Waals surface area contributed by atoms with Gasteiger partial charge >= 0.3 is 0 Å². The zero-order valence-corrected chi connectivity index (χ0v) is 12.7. The average Bonchev–Trinajstić information content (AvgIpc) is 2.43. The molecule has 0 radical (unpaired) electrons. The first-order chi connectivity index (χ1) is 9.60. The van der Waals surface area contributed by atoms with Gasteiger partial charge in [-0.2, -0.15) is 0 Å². The zero-order valence-electron chi connectivity index (χ0n) is 11.2. The molecule has 1 atom stereocenters. The summed E-state index contributed by atoms with van der Waals surface area (Å²) < 4.78 is 13.0. The molecule has 0 saturated carbocycles. The number of benzene rings is 2. The fourth-order valence-electron chi connectivity index (χ4n) is 2.24. The molecule has 0 aromatic heterocycles. The van der Waals surface area contributed by atoms with E-state index in [1.165, 1.54) is 12.1 Å². The van der Waals surface area contributed by atoms with Gasteiger partial charge in [-0.1, -0.05) is 41.4 Å². The number of halogens is 3. The predicted molar refractivity (Wildman–Crippen MR) is 83.2 cm³/mol. The second-order valence-corrected chi connectivity index (χ2v) is 5.57. The quantitative estimate of drug-likeness (QED) is 0.845. The van der Waals surface area contributed by atoms with E-state index in [1.54, 1.807) is 6.07 Å². The van der Waals surface area contributed by atoms with E-state index in [1.807, 2.05) is 31.3 Å². The molecule has 0 bridgehead atoms. The Hall–Kier alpha value is -1.09. The molecule has 1 unspecified atom stereocenters. The van der Waals surface area contributed by atoms with Crippen LogP contribution in [0, 0.1) is 5.82 Å². The SMILES string of the molecule is CNCC(Cc1ccc(Cl)c(Cl)c1)c1ccc(F)cc1. The van der Waals surface area contributed by atoms with Gasteiger partial charge in [0.1, 0.15) is 5.82 Å². The number of likely N-dealkylation sites (N-methyl/N-ethyl adjacent to an activating group) is 1. The Morgan fingerprint density at radius 2 is 1.75 bits per heavy atom. The fourth-order valence-corrected chi connectivity index (χ4v) is 2.56. The van der Waals surface area contributed by atoms with Gasteiger partial charge < -0.3 is 5.32 Å². The van der Waals surface area contributed by atoms with Crippen molar-refractivity contribution < 1.29 is 4.39 Å². The number of hydrogen-bond acceptors (Lipinski definition) is 1. The minimum absolute atomic E-state index is 0.216. The van der Waals surface area contributed by atoms with Crippen molar-refractivity contribution in [2.75, 3.05) is 13.6 Å². The lowest BCUT2D eigenvalue weighted by molar-refractivity contribution is 0.611. The predicted octanol–water partition coefficient (Wildman–Crippen LogP) is 4.68.